The van der Waals surface area contributed by atoms with Gasteiger partial charge in [0, 0.05) is 1.37 Å². The first-order chi connectivity index (χ1) is 40.2. The van der Waals surface area contributed by atoms with Crippen LogP contribution in [0.1, 0.15) is 368 Å². The minimum absolute atomic E-state index is 0.198. The van der Waals surface area contributed by atoms with Crippen LogP contribution in [0, 0.1) is 0 Å². The normalized spacial score (nSPS) is 13.4. The van der Waals surface area contributed by atoms with Crippen LogP contribution in [0.4, 0.5) is 0 Å². The molecule has 0 bridgehead atoms. The summed E-state index contributed by atoms with van der Waals surface area (Å²) in [6.45, 7) is 90.1. The third-order valence-corrected chi connectivity index (χ3v) is 17.0. The van der Waals surface area contributed by atoms with Crippen molar-refractivity contribution in [1.82, 2.24) is 0 Å². The lowest BCUT2D eigenvalue weighted by Gasteiger charge is -2.32. The maximum Gasteiger partial charge on any atom is 0.0347 e. The maximum absolute atomic E-state index is 7.90. The zero-order valence-corrected chi connectivity index (χ0v) is 66.8. The molecule has 6 aromatic carbocycles. The zero-order chi connectivity index (χ0) is 71.7. The Labute approximate surface area is 563 Å². The van der Waals surface area contributed by atoms with Gasteiger partial charge in [0.1, 0.15) is 0 Å². The molecule has 6 aromatic rings. The predicted octanol–water partition coefficient (Wildman–Crippen LogP) is 27.9. The van der Waals surface area contributed by atoms with Gasteiger partial charge < -0.3 is 0 Å². The first-order valence-electron chi connectivity index (χ1n) is 35.0. The van der Waals surface area contributed by atoms with Crippen molar-refractivity contribution in [3.05, 3.63) is 211 Å². The van der Waals surface area contributed by atoms with Crippen LogP contribution in [0.25, 0.3) is 0 Å². The smallest absolute Gasteiger partial charge is 0.0347 e. The van der Waals surface area contributed by atoms with Gasteiger partial charge in [-0.15, -0.1) is 0 Å². The topological polar surface area (TPSA) is 0 Å². The van der Waals surface area contributed by atoms with Crippen molar-refractivity contribution in [1.29, 1.82) is 0 Å². The molecule has 0 heteroatoms. The number of rotatable bonds is 2. The summed E-state index contributed by atoms with van der Waals surface area (Å²) in [5.41, 5.74) is 22.4. The van der Waals surface area contributed by atoms with Crippen LogP contribution < -0.4 is 0 Å². The van der Waals surface area contributed by atoms with E-state index >= 15 is 0 Å². The largest absolute Gasteiger partial charge is 0.0620 e. The second kappa shape index (κ2) is 31.0. The number of hydrogen-bond acceptors (Lipinski definition) is 0. The van der Waals surface area contributed by atoms with Crippen LogP contribution in [-0.4, -0.2) is 0 Å². The Morgan fingerprint density at radius 3 is 0.600 bits per heavy atom. The minimum atomic E-state index is -0.490. The molecule has 0 aromatic heterocycles. The maximum atomic E-state index is 7.90. The Balaban J connectivity index is 0.000000548. The summed E-state index contributed by atoms with van der Waals surface area (Å²) < 4.78 is 7.90. The second-order valence-electron chi connectivity index (χ2n) is 39.0. The Morgan fingerprint density at radius 2 is 0.400 bits per heavy atom. The van der Waals surface area contributed by atoms with Crippen molar-refractivity contribution in [2.45, 2.75) is 354 Å². The van der Waals surface area contributed by atoms with Gasteiger partial charge >= 0.3 is 0 Å². The molecule has 0 radical (unpaired) electrons. The summed E-state index contributed by atoms with van der Waals surface area (Å²) in [5, 5.41) is 0. The highest BCUT2D eigenvalue weighted by Gasteiger charge is 2.29. The summed E-state index contributed by atoms with van der Waals surface area (Å²) in [7, 11) is 0. The van der Waals surface area contributed by atoms with Gasteiger partial charge in [0.05, 0.1) is 0 Å². The van der Waals surface area contributed by atoms with Gasteiger partial charge in [-0.2, -0.15) is 0 Å². The molecular formula is C90H144. The van der Waals surface area contributed by atoms with Gasteiger partial charge in [-0.25, -0.2) is 0 Å². The first kappa shape index (κ1) is 81.4. The summed E-state index contributed by atoms with van der Waals surface area (Å²) in [5.74, 6) is 0.144. The molecule has 0 unspecified atom stereocenters. The highest BCUT2D eigenvalue weighted by molar-refractivity contribution is 5.44. The molecule has 0 amide bonds. The SMILES string of the molecule is CC(C)(C)c1cc(C(C)(C)C)cc(C(C)(C)C)c1.CC(C)(C)c1ccc(C(C)(C)C)c(C(C)(C)C)c1.CC(C)(C)c1ccc(C(C)(C)C)cc1.CC(C)(C)c1ccccc1C(C)(C)C.CC(C)c1ccc(C(C)(C)C)cc1.[2H]C(C)(C)c1ccc(C(C)(C)C)cc1. The van der Waals surface area contributed by atoms with Gasteiger partial charge in [0.25, 0.3) is 0 Å². The van der Waals surface area contributed by atoms with Gasteiger partial charge in [-0.3, -0.25) is 0 Å². The van der Waals surface area contributed by atoms with Gasteiger partial charge in [-0.05, 0) is 155 Å². The highest BCUT2D eigenvalue weighted by Crippen LogP contribution is 2.39. The van der Waals surface area contributed by atoms with Gasteiger partial charge in [0.15, 0.2) is 0 Å². The Morgan fingerprint density at radius 1 is 0.200 bits per heavy atom. The van der Waals surface area contributed by atoms with E-state index in [0.29, 0.717) is 5.92 Å². The van der Waals surface area contributed by atoms with E-state index in [1.165, 1.54) is 72.3 Å². The van der Waals surface area contributed by atoms with Crippen LogP contribution >= 0.6 is 0 Å². The Bertz CT molecular complexity index is 2860. The van der Waals surface area contributed by atoms with Crippen molar-refractivity contribution in [2.75, 3.05) is 0 Å². The second-order valence-corrected chi connectivity index (χ2v) is 39.0. The van der Waals surface area contributed by atoms with Crippen LogP contribution in [0.5, 0.6) is 0 Å². The lowest BCUT2D eigenvalue weighted by atomic mass is 9.73. The monoisotopic (exact) mass is 1230 g/mol. The Kier molecular flexibility index (Phi) is 28.1. The van der Waals surface area contributed by atoms with Crippen molar-refractivity contribution in [3.8, 4) is 0 Å². The molecule has 0 aliphatic carbocycles. The zero-order valence-electron chi connectivity index (χ0n) is 67.8. The molecule has 90 heavy (non-hydrogen) atoms. The molecule has 0 fully saturated rings. The average Bonchev–Trinajstić information content (AvgIpc) is 0.830. The van der Waals surface area contributed by atoms with E-state index in [9.17, 15) is 0 Å². The summed E-state index contributed by atoms with van der Waals surface area (Å²) >= 11 is 0. The molecule has 0 aliphatic rings. The highest BCUT2D eigenvalue weighted by atomic mass is 14.3. The van der Waals surface area contributed by atoms with Crippen molar-refractivity contribution >= 4 is 0 Å². The molecule has 0 saturated heterocycles. The molecule has 0 heterocycles. The summed E-state index contributed by atoms with van der Waals surface area (Å²) in [6, 6.07) is 49.3. The van der Waals surface area contributed by atoms with E-state index < -0.39 is 5.89 Å². The first-order valence-corrected chi connectivity index (χ1v) is 34.5. The number of hydrogen-bond donors (Lipinski definition) is 0. The molecule has 6 rings (SSSR count). The van der Waals surface area contributed by atoms with Crippen LogP contribution in [0.3, 0.4) is 0 Å². The third kappa shape index (κ3) is 28.3. The van der Waals surface area contributed by atoms with Crippen LogP contribution in [0.2, 0.25) is 0 Å². The molecule has 0 spiro atoms. The standard InChI is InChI=1S/2C18H30.2C14H22.2C13H20/c1-16(2,3)13-10-14(17(4,5)6)12-15(11-13)18(7,8)9;1-16(2,3)13-10-11-14(17(4,5)6)15(12-13)18(7,8)9;1-13(2,3)11-7-9-12(10-8-11)14(4,5)6;1-13(2,3)11-9-7-8-10-12(11)14(4,5)6;2*1-10(2)11-6-8-12(9-7-11)13(3,4)5/h2*10-12H,1-9H3;2*7-10H,1-6H3;2*6-10H,1-5H3/i;;;;10D;. The van der Waals surface area contributed by atoms with E-state index in [-0.39, 0.29) is 65.0 Å². The van der Waals surface area contributed by atoms with E-state index in [0.717, 1.165) is 5.56 Å². The average molecular weight is 1230 g/mol. The summed E-state index contributed by atoms with van der Waals surface area (Å²) in [6.07, 6.45) is 0. The molecule has 0 atom stereocenters. The van der Waals surface area contributed by atoms with Crippen molar-refractivity contribution in [2.24, 2.45) is 0 Å². The molecule has 0 saturated carbocycles. The Hall–Kier alpha value is -4.68. The molecule has 0 aliphatic heterocycles. The molecule has 0 nitrogen and oxygen atoms in total. The molecule has 504 valence electrons. The third-order valence-electron chi connectivity index (χ3n) is 17.0. The van der Waals surface area contributed by atoms with Crippen molar-refractivity contribution in [3.63, 3.8) is 0 Å². The minimum Gasteiger partial charge on any atom is -0.0620 e. The van der Waals surface area contributed by atoms with Crippen LogP contribution in [-0.2, 0) is 65.0 Å². The van der Waals surface area contributed by atoms with Gasteiger partial charge in [0.2, 0.25) is 0 Å². The van der Waals surface area contributed by atoms with Gasteiger partial charge in [-0.1, -0.05) is 410 Å². The van der Waals surface area contributed by atoms with E-state index in [1.54, 1.807) is 0 Å². The lowest BCUT2D eigenvalue weighted by molar-refractivity contribution is 0.523. The lowest BCUT2D eigenvalue weighted by Crippen LogP contribution is -2.23. The quantitative estimate of drug-likeness (QED) is 0.162. The molecule has 0 N–H and O–H groups in total. The fraction of sp³-hybridized carbons (Fsp3) is 0.600. The summed E-state index contributed by atoms with van der Waals surface area (Å²) in [4.78, 5) is 0. The fourth-order valence-corrected chi connectivity index (χ4v) is 10.1. The number of benzene rings is 6. The molecular weight excluding hydrogens is 1080 g/mol. The van der Waals surface area contributed by atoms with E-state index in [1.807, 2.05) is 13.8 Å². The van der Waals surface area contributed by atoms with Crippen molar-refractivity contribution < 1.29 is 1.37 Å². The van der Waals surface area contributed by atoms with Crippen LogP contribution in [0.15, 0.2) is 133 Å². The van der Waals surface area contributed by atoms with E-state index in [2.05, 4.69) is 397 Å². The fourth-order valence-electron chi connectivity index (χ4n) is 10.1. The van der Waals surface area contributed by atoms with E-state index in [4.69, 9.17) is 1.37 Å². The predicted molar refractivity (Wildman–Crippen MR) is 411 cm³/mol.